The number of ether oxygens (including phenoxy) is 2. The van der Waals surface area contributed by atoms with Crippen LogP contribution in [0.2, 0.25) is 0 Å². The van der Waals surface area contributed by atoms with E-state index in [1.54, 1.807) is 0 Å². The summed E-state index contributed by atoms with van der Waals surface area (Å²) in [5.74, 6) is -1.07. The van der Waals surface area contributed by atoms with Crippen LogP contribution in [0.1, 0.15) is 24.2 Å². The normalized spacial score (nSPS) is 10.5. The van der Waals surface area contributed by atoms with E-state index < -0.39 is 5.97 Å². The summed E-state index contributed by atoms with van der Waals surface area (Å²) in [5.41, 5.74) is 5.69. The topological polar surface area (TPSA) is 94.7 Å². The average Bonchev–Trinajstić information content (AvgIpc) is 2.25. The fourth-order valence-electron chi connectivity index (χ4n) is 1.16. The van der Waals surface area contributed by atoms with Crippen LogP contribution in [0.4, 0.5) is 5.69 Å². The first kappa shape index (κ1) is 13.2. The van der Waals surface area contributed by atoms with Crippen LogP contribution in [0.25, 0.3) is 0 Å². The van der Waals surface area contributed by atoms with Gasteiger partial charge in [-0.15, -0.1) is 0 Å². The number of pyridine rings is 1. The third kappa shape index (κ3) is 4.28. The Labute approximate surface area is 99.4 Å². The van der Waals surface area contributed by atoms with Crippen molar-refractivity contribution in [1.29, 1.82) is 0 Å². The monoisotopic (exact) mass is 240 g/mol. The summed E-state index contributed by atoms with van der Waals surface area (Å²) < 4.78 is 10.5. The molecule has 0 aromatic carbocycles. The molecule has 0 saturated carbocycles. The molecule has 0 amide bonds. The van der Waals surface area contributed by atoms with Crippen molar-refractivity contribution in [3.05, 3.63) is 17.8 Å². The summed E-state index contributed by atoms with van der Waals surface area (Å²) in [7, 11) is 0. The Bertz CT molecular complexity index is 393. The molecule has 0 atom stereocenters. The first-order chi connectivity index (χ1) is 8.00. The lowest BCUT2D eigenvalue weighted by Gasteiger charge is -2.10. The Balaban J connectivity index is 2.61. The van der Waals surface area contributed by atoms with Gasteiger partial charge >= 0.3 is 5.97 Å². The van der Waals surface area contributed by atoms with Gasteiger partial charge in [0.1, 0.15) is 12.2 Å². The van der Waals surface area contributed by atoms with E-state index in [1.807, 2.05) is 13.8 Å². The standard InChI is InChI=1S/C11H16N2O4/c1-7(2)16-3-4-17-10-9(11(14)15)5-8(12)6-13-10/h5-7H,3-4,12H2,1-2H3,(H,14,15). The van der Waals surface area contributed by atoms with Gasteiger partial charge in [0, 0.05) is 0 Å². The Hall–Kier alpha value is -1.82. The van der Waals surface area contributed by atoms with E-state index in [4.69, 9.17) is 20.3 Å². The smallest absolute Gasteiger partial charge is 0.341 e. The van der Waals surface area contributed by atoms with Crippen LogP contribution in [0.3, 0.4) is 0 Å². The van der Waals surface area contributed by atoms with E-state index in [-0.39, 0.29) is 29.8 Å². The Morgan fingerprint density at radius 2 is 2.24 bits per heavy atom. The van der Waals surface area contributed by atoms with Crippen LogP contribution >= 0.6 is 0 Å². The largest absolute Gasteiger partial charge is 0.477 e. The van der Waals surface area contributed by atoms with Gasteiger partial charge in [-0.25, -0.2) is 9.78 Å². The molecular formula is C11H16N2O4. The zero-order chi connectivity index (χ0) is 12.8. The molecule has 1 aromatic heterocycles. The van der Waals surface area contributed by atoms with Gasteiger partial charge in [0.2, 0.25) is 5.88 Å². The van der Waals surface area contributed by atoms with Crippen LogP contribution in [0, 0.1) is 0 Å². The Morgan fingerprint density at radius 3 is 2.82 bits per heavy atom. The SMILES string of the molecule is CC(C)OCCOc1ncc(N)cc1C(=O)O. The molecule has 1 rings (SSSR count). The van der Waals surface area contributed by atoms with Crippen molar-refractivity contribution in [1.82, 2.24) is 4.98 Å². The molecule has 0 aliphatic heterocycles. The summed E-state index contributed by atoms with van der Waals surface area (Å²) in [6.45, 7) is 4.44. The van der Waals surface area contributed by atoms with Crippen LogP contribution in [-0.2, 0) is 4.74 Å². The molecule has 0 spiro atoms. The van der Waals surface area contributed by atoms with Crippen LogP contribution < -0.4 is 10.5 Å². The molecule has 17 heavy (non-hydrogen) atoms. The number of anilines is 1. The van der Waals surface area contributed by atoms with Crippen molar-refractivity contribution in [3.63, 3.8) is 0 Å². The fraction of sp³-hybridized carbons (Fsp3) is 0.455. The van der Waals surface area contributed by atoms with Crippen molar-refractivity contribution in [3.8, 4) is 5.88 Å². The minimum absolute atomic E-state index is 0.0467. The van der Waals surface area contributed by atoms with Crippen LogP contribution in [-0.4, -0.2) is 35.4 Å². The van der Waals surface area contributed by atoms with Crippen molar-refractivity contribution >= 4 is 11.7 Å². The van der Waals surface area contributed by atoms with Crippen molar-refractivity contribution in [2.45, 2.75) is 20.0 Å². The Morgan fingerprint density at radius 1 is 1.53 bits per heavy atom. The number of carbonyl (C=O) groups is 1. The Kier molecular flexibility index (Phi) is 4.71. The van der Waals surface area contributed by atoms with E-state index >= 15 is 0 Å². The predicted molar refractivity (Wildman–Crippen MR) is 62.2 cm³/mol. The van der Waals surface area contributed by atoms with E-state index in [0.717, 1.165) is 0 Å². The summed E-state index contributed by atoms with van der Waals surface area (Å²) in [4.78, 5) is 14.7. The number of hydrogen-bond donors (Lipinski definition) is 2. The highest BCUT2D eigenvalue weighted by molar-refractivity contribution is 5.91. The molecule has 0 unspecified atom stereocenters. The van der Waals surface area contributed by atoms with Gasteiger partial charge in [-0.1, -0.05) is 0 Å². The number of aromatic carboxylic acids is 1. The van der Waals surface area contributed by atoms with Crippen LogP contribution in [0.15, 0.2) is 12.3 Å². The lowest BCUT2D eigenvalue weighted by atomic mass is 10.2. The molecule has 6 heteroatoms. The van der Waals surface area contributed by atoms with E-state index in [0.29, 0.717) is 6.61 Å². The number of rotatable bonds is 6. The highest BCUT2D eigenvalue weighted by Gasteiger charge is 2.13. The van der Waals surface area contributed by atoms with Gasteiger partial charge in [-0.3, -0.25) is 0 Å². The van der Waals surface area contributed by atoms with E-state index in [9.17, 15) is 4.79 Å². The summed E-state index contributed by atoms with van der Waals surface area (Å²) in [6, 6.07) is 1.31. The molecular weight excluding hydrogens is 224 g/mol. The van der Waals surface area contributed by atoms with Crippen molar-refractivity contribution in [2.75, 3.05) is 18.9 Å². The maximum Gasteiger partial charge on any atom is 0.341 e. The van der Waals surface area contributed by atoms with Crippen molar-refractivity contribution < 1.29 is 19.4 Å². The second-order valence-corrected chi connectivity index (χ2v) is 3.69. The molecule has 3 N–H and O–H groups in total. The third-order valence-corrected chi connectivity index (χ3v) is 1.88. The molecule has 6 nitrogen and oxygen atoms in total. The maximum atomic E-state index is 10.9. The summed E-state index contributed by atoms with van der Waals surface area (Å²) in [6.07, 6.45) is 1.46. The zero-order valence-corrected chi connectivity index (χ0v) is 9.84. The van der Waals surface area contributed by atoms with Gasteiger partial charge in [-0.2, -0.15) is 0 Å². The minimum atomic E-state index is -1.12. The molecule has 0 aliphatic rings. The first-order valence-electron chi connectivity index (χ1n) is 5.24. The van der Waals surface area contributed by atoms with Gasteiger partial charge in [0.05, 0.1) is 24.6 Å². The quantitative estimate of drug-likeness (QED) is 0.725. The van der Waals surface area contributed by atoms with E-state index in [2.05, 4.69) is 4.98 Å². The first-order valence-corrected chi connectivity index (χ1v) is 5.24. The summed E-state index contributed by atoms with van der Waals surface area (Å²) in [5, 5.41) is 8.93. The zero-order valence-electron chi connectivity index (χ0n) is 9.84. The third-order valence-electron chi connectivity index (χ3n) is 1.88. The number of nitrogens with zero attached hydrogens (tertiary/aromatic N) is 1. The number of carboxylic acids is 1. The van der Waals surface area contributed by atoms with Gasteiger partial charge in [0.15, 0.2) is 0 Å². The number of hydrogen-bond acceptors (Lipinski definition) is 5. The average molecular weight is 240 g/mol. The fourth-order valence-corrected chi connectivity index (χ4v) is 1.16. The maximum absolute atomic E-state index is 10.9. The van der Waals surface area contributed by atoms with Gasteiger partial charge in [-0.05, 0) is 19.9 Å². The van der Waals surface area contributed by atoms with Crippen LogP contribution in [0.5, 0.6) is 5.88 Å². The molecule has 94 valence electrons. The molecule has 0 fully saturated rings. The second-order valence-electron chi connectivity index (χ2n) is 3.69. The number of nitrogen functional groups attached to an aromatic ring is 1. The van der Waals surface area contributed by atoms with Gasteiger partial charge in [0.25, 0.3) is 0 Å². The molecule has 1 heterocycles. The van der Waals surface area contributed by atoms with Crippen molar-refractivity contribution in [2.24, 2.45) is 0 Å². The molecule has 0 radical (unpaired) electrons. The summed E-state index contributed by atoms with van der Waals surface area (Å²) >= 11 is 0. The van der Waals surface area contributed by atoms with Gasteiger partial charge < -0.3 is 20.3 Å². The number of aromatic nitrogens is 1. The molecule has 0 saturated heterocycles. The molecule has 0 aliphatic carbocycles. The lowest BCUT2D eigenvalue weighted by molar-refractivity contribution is 0.0528. The van der Waals surface area contributed by atoms with E-state index in [1.165, 1.54) is 12.3 Å². The lowest BCUT2D eigenvalue weighted by Crippen LogP contribution is -2.13. The second kappa shape index (κ2) is 6.05. The minimum Gasteiger partial charge on any atom is -0.477 e. The molecule has 1 aromatic rings. The highest BCUT2D eigenvalue weighted by atomic mass is 16.5. The predicted octanol–water partition coefficient (Wildman–Crippen LogP) is 1.17. The highest BCUT2D eigenvalue weighted by Crippen LogP contribution is 2.17. The molecule has 0 bridgehead atoms. The number of carboxylic acid groups (broad SMARTS) is 1. The number of nitrogens with two attached hydrogens (primary N) is 1.